The summed E-state index contributed by atoms with van der Waals surface area (Å²) >= 11 is 0. The van der Waals surface area contributed by atoms with Crippen LogP contribution in [0, 0.1) is 0 Å². The van der Waals surface area contributed by atoms with Crippen LogP contribution in [0.3, 0.4) is 0 Å². The zero-order valence-corrected chi connectivity index (χ0v) is 21.2. The molecule has 0 aliphatic rings. The van der Waals surface area contributed by atoms with Gasteiger partial charge in [-0.15, -0.1) is 0 Å². The van der Waals surface area contributed by atoms with Gasteiger partial charge >= 0.3 is 5.97 Å². The van der Waals surface area contributed by atoms with Crippen LogP contribution in [0.4, 0.5) is 11.4 Å². The first-order chi connectivity index (χ1) is 18.5. The summed E-state index contributed by atoms with van der Waals surface area (Å²) in [5.41, 5.74) is 2.45. The number of nitrogens with one attached hydrogen (secondary N) is 2. The van der Waals surface area contributed by atoms with Crippen LogP contribution in [0.15, 0.2) is 91.0 Å². The molecule has 194 valence electrons. The second-order valence-corrected chi connectivity index (χ2v) is 8.80. The smallest absolute Gasteiger partial charge is 0.306 e. The summed E-state index contributed by atoms with van der Waals surface area (Å²) in [7, 11) is 0. The SMILES string of the molecule is CCc1ccc(NC(=O)COC(=O)CCCC(=O)Nc2ccc(Oc3ccc4ccccc4c3)cc2)cc1. The van der Waals surface area contributed by atoms with Gasteiger partial charge in [0.15, 0.2) is 6.61 Å². The monoisotopic (exact) mass is 510 g/mol. The van der Waals surface area contributed by atoms with Crippen molar-refractivity contribution in [2.45, 2.75) is 32.6 Å². The van der Waals surface area contributed by atoms with Gasteiger partial charge in [0.1, 0.15) is 11.5 Å². The molecule has 0 aliphatic heterocycles. The van der Waals surface area contributed by atoms with Crippen molar-refractivity contribution in [3.63, 3.8) is 0 Å². The largest absolute Gasteiger partial charge is 0.457 e. The van der Waals surface area contributed by atoms with Crippen LogP contribution in [0.1, 0.15) is 31.7 Å². The van der Waals surface area contributed by atoms with Crippen molar-refractivity contribution in [1.29, 1.82) is 0 Å². The van der Waals surface area contributed by atoms with E-state index < -0.39 is 11.9 Å². The Bertz CT molecular complexity index is 1400. The first-order valence-electron chi connectivity index (χ1n) is 12.6. The van der Waals surface area contributed by atoms with Gasteiger partial charge in [-0.2, -0.15) is 0 Å². The molecule has 0 fully saturated rings. The molecule has 0 radical (unpaired) electrons. The summed E-state index contributed by atoms with van der Waals surface area (Å²) in [6, 6.07) is 28.5. The second-order valence-electron chi connectivity index (χ2n) is 8.80. The van der Waals surface area contributed by atoms with Gasteiger partial charge in [0.2, 0.25) is 5.91 Å². The molecule has 4 aromatic carbocycles. The molecule has 4 aromatic rings. The summed E-state index contributed by atoms with van der Waals surface area (Å²) < 4.78 is 10.9. The van der Waals surface area contributed by atoms with E-state index in [-0.39, 0.29) is 25.4 Å². The third-order valence-electron chi connectivity index (χ3n) is 5.89. The van der Waals surface area contributed by atoms with Crippen LogP contribution in [-0.4, -0.2) is 24.4 Å². The van der Waals surface area contributed by atoms with Crippen molar-refractivity contribution in [2.24, 2.45) is 0 Å². The fraction of sp³-hybridized carbons (Fsp3) is 0.194. The molecule has 38 heavy (non-hydrogen) atoms. The number of carbonyl (C=O) groups is 3. The molecule has 0 saturated heterocycles. The van der Waals surface area contributed by atoms with E-state index >= 15 is 0 Å². The van der Waals surface area contributed by atoms with Crippen molar-refractivity contribution in [3.05, 3.63) is 96.6 Å². The molecule has 0 unspecified atom stereocenters. The molecule has 2 amide bonds. The van der Waals surface area contributed by atoms with E-state index in [0.717, 1.165) is 22.9 Å². The number of amides is 2. The molecule has 7 nitrogen and oxygen atoms in total. The van der Waals surface area contributed by atoms with Crippen LogP contribution in [0.25, 0.3) is 10.8 Å². The minimum absolute atomic E-state index is 0.0461. The van der Waals surface area contributed by atoms with Crippen molar-refractivity contribution in [1.82, 2.24) is 0 Å². The van der Waals surface area contributed by atoms with Crippen LogP contribution < -0.4 is 15.4 Å². The molecule has 0 bridgehead atoms. The standard InChI is InChI=1S/C31H30N2O5/c1-2-22-10-13-25(14-11-22)33-30(35)21-37-31(36)9-5-8-29(34)32-26-15-18-27(19-16-26)38-28-17-12-23-6-3-4-7-24(23)20-28/h3-4,6-7,10-20H,2,5,8-9,21H2,1H3,(H,32,34)(H,33,35). The molecular weight excluding hydrogens is 480 g/mol. The zero-order valence-electron chi connectivity index (χ0n) is 21.2. The lowest BCUT2D eigenvalue weighted by Gasteiger charge is -2.09. The summed E-state index contributed by atoms with van der Waals surface area (Å²) in [6.45, 7) is 1.69. The highest BCUT2D eigenvalue weighted by molar-refractivity contribution is 5.93. The lowest BCUT2D eigenvalue weighted by molar-refractivity contribution is -0.147. The lowest BCUT2D eigenvalue weighted by Crippen LogP contribution is -2.21. The molecule has 0 saturated carbocycles. The van der Waals surface area contributed by atoms with Crippen LogP contribution in [-0.2, 0) is 25.5 Å². The van der Waals surface area contributed by atoms with Gasteiger partial charge in [0.25, 0.3) is 5.91 Å². The van der Waals surface area contributed by atoms with Crippen LogP contribution in [0.5, 0.6) is 11.5 Å². The van der Waals surface area contributed by atoms with Gasteiger partial charge in [-0.1, -0.05) is 49.4 Å². The van der Waals surface area contributed by atoms with Crippen molar-refractivity contribution in [2.75, 3.05) is 17.2 Å². The average molecular weight is 511 g/mol. The highest BCUT2D eigenvalue weighted by Gasteiger charge is 2.10. The van der Waals surface area contributed by atoms with Gasteiger partial charge in [-0.3, -0.25) is 14.4 Å². The number of esters is 1. The second kappa shape index (κ2) is 13.1. The number of benzene rings is 4. The molecule has 0 aliphatic carbocycles. The molecule has 0 heterocycles. The predicted molar refractivity (Wildman–Crippen MR) is 148 cm³/mol. The Hall–Kier alpha value is -4.65. The van der Waals surface area contributed by atoms with E-state index in [0.29, 0.717) is 23.5 Å². The van der Waals surface area contributed by atoms with E-state index in [1.54, 1.807) is 24.3 Å². The molecule has 4 rings (SSSR count). The van der Waals surface area contributed by atoms with Crippen LogP contribution in [0.2, 0.25) is 0 Å². The Morgan fingerprint density at radius 3 is 2.03 bits per heavy atom. The number of anilines is 2. The predicted octanol–water partition coefficient (Wildman–Crippen LogP) is 6.49. The number of hydrogen-bond acceptors (Lipinski definition) is 5. The van der Waals surface area contributed by atoms with E-state index in [9.17, 15) is 14.4 Å². The van der Waals surface area contributed by atoms with Crippen LogP contribution >= 0.6 is 0 Å². The number of aryl methyl sites for hydroxylation is 1. The maximum Gasteiger partial charge on any atom is 0.306 e. The molecular formula is C31H30N2O5. The van der Waals surface area contributed by atoms with Gasteiger partial charge < -0.3 is 20.1 Å². The van der Waals surface area contributed by atoms with Gasteiger partial charge in [0, 0.05) is 24.2 Å². The fourth-order valence-electron chi connectivity index (χ4n) is 3.83. The molecule has 2 N–H and O–H groups in total. The number of ether oxygens (including phenoxy) is 2. The maximum atomic E-state index is 12.3. The molecule has 7 heteroatoms. The summed E-state index contributed by atoms with van der Waals surface area (Å²) in [6.07, 6.45) is 1.43. The van der Waals surface area contributed by atoms with Gasteiger partial charge in [-0.05, 0) is 77.7 Å². The number of rotatable bonds is 11. The number of fused-ring (bicyclic) bond motifs is 1. The zero-order chi connectivity index (χ0) is 26.7. The van der Waals surface area contributed by atoms with Crippen molar-refractivity contribution >= 4 is 39.9 Å². The molecule has 0 aromatic heterocycles. The normalized spacial score (nSPS) is 10.6. The number of carbonyl (C=O) groups excluding carboxylic acids is 3. The molecule has 0 spiro atoms. The summed E-state index contributed by atoms with van der Waals surface area (Å²) in [5, 5.41) is 7.73. The Kier molecular flexibility index (Phi) is 9.07. The number of hydrogen-bond donors (Lipinski definition) is 2. The third-order valence-corrected chi connectivity index (χ3v) is 5.89. The third kappa shape index (κ3) is 7.93. The minimum Gasteiger partial charge on any atom is -0.457 e. The van der Waals surface area contributed by atoms with E-state index in [4.69, 9.17) is 9.47 Å². The Morgan fingerprint density at radius 2 is 1.32 bits per heavy atom. The van der Waals surface area contributed by atoms with Crippen molar-refractivity contribution in [3.8, 4) is 11.5 Å². The van der Waals surface area contributed by atoms with E-state index in [2.05, 4.69) is 17.6 Å². The minimum atomic E-state index is -0.524. The average Bonchev–Trinajstić information content (AvgIpc) is 2.93. The van der Waals surface area contributed by atoms with E-state index in [1.165, 1.54) is 5.56 Å². The summed E-state index contributed by atoms with van der Waals surface area (Å²) in [5.74, 6) is 0.241. The highest BCUT2D eigenvalue weighted by Crippen LogP contribution is 2.26. The fourth-order valence-corrected chi connectivity index (χ4v) is 3.83. The first kappa shape index (κ1) is 26.4. The quantitative estimate of drug-likeness (QED) is 0.225. The maximum absolute atomic E-state index is 12.3. The molecule has 0 atom stereocenters. The van der Waals surface area contributed by atoms with Gasteiger partial charge in [0.05, 0.1) is 0 Å². The first-order valence-corrected chi connectivity index (χ1v) is 12.6. The topological polar surface area (TPSA) is 93.7 Å². The lowest BCUT2D eigenvalue weighted by atomic mass is 10.1. The Balaban J connectivity index is 1.14. The summed E-state index contributed by atoms with van der Waals surface area (Å²) in [4.78, 5) is 36.2. The van der Waals surface area contributed by atoms with E-state index in [1.807, 2.05) is 66.7 Å². The Morgan fingerprint density at radius 1 is 0.684 bits per heavy atom. The highest BCUT2D eigenvalue weighted by atomic mass is 16.5. The van der Waals surface area contributed by atoms with Gasteiger partial charge in [-0.25, -0.2) is 0 Å². The Labute approximate surface area is 221 Å². The van der Waals surface area contributed by atoms with Crippen molar-refractivity contribution < 1.29 is 23.9 Å².